The van der Waals surface area contributed by atoms with Gasteiger partial charge in [0.2, 0.25) is 0 Å². The van der Waals surface area contributed by atoms with Gasteiger partial charge in [-0.25, -0.2) is 0 Å². The van der Waals surface area contributed by atoms with Crippen LogP contribution in [0.15, 0.2) is 12.1 Å². The van der Waals surface area contributed by atoms with E-state index in [0.29, 0.717) is 16.9 Å². The zero-order valence-electron chi connectivity index (χ0n) is 8.34. The van der Waals surface area contributed by atoms with E-state index in [1.54, 1.807) is 12.1 Å². The maximum absolute atomic E-state index is 11.6. The third-order valence-corrected chi connectivity index (χ3v) is 3.34. The topological polar surface area (TPSA) is 29.1 Å². The van der Waals surface area contributed by atoms with E-state index in [0.717, 1.165) is 11.3 Å². The molecule has 1 aromatic heterocycles. The van der Waals surface area contributed by atoms with Crippen LogP contribution < -0.4 is 5.32 Å². The third kappa shape index (κ3) is 3.40. The normalized spacial score (nSPS) is 12.8. The van der Waals surface area contributed by atoms with Crippen LogP contribution in [0.25, 0.3) is 0 Å². The maximum atomic E-state index is 11.6. The van der Waals surface area contributed by atoms with E-state index in [9.17, 15) is 4.79 Å². The number of rotatable bonds is 5. The molecule has 1 aromatic rings. The van der Waals surface area contributed by atoms with Gasteiger partial charge in [-0.3, -0.25) is 4.79 Å². The van der Waals surface area contributed by atoms with Crippen molar-refractivity contribution < 1.29 is 4.79 Å². The molecule has 1 rings (SSSR count). The van der Waals surface area contributed by atoms with Crippen molar-refractivity contribution in [2.75, 3.05) is 6.54 Å². The van der Waals surface area contributed by atoms with Crippen molar-refractivity contribution in [1.82, 2.24) is 5.32 Å². The Bertz CT molecular complexity index is 311. The molecule has 4 heteroatoms. The van der Waals surface area contributed by atoms with Gasteiger partial charge in [-0.2, -0.15) is 0 Å². The fourth-order valence-electron chi connectivity index (χ4n) is 0.963. The number of halogens is 1. The Balaban J connectivity index is 2.43. The first-order valence-electron chi connectivity index (χ1n) is 4.65. The van der Waals surface area contributed by atoms with Crippen LogP contribution in [0.5, 0.6) is 0 Å². The van der Waals surface area contributed by atoms with E-state index in [4.69, 9.17) is 11.6 Å². The van der Waals surface area contributed by atoms with Gasteiger partial charge in [-0.1, -0.05) is 18.5 Å². The van der Waals surface area contributed by atoms with E-state index in [1.165, 1.54) is 11.3 Å². The Morgan fingerprint density at radius 1 is 1.64 bits per heavy atom. The standard InChI is InChI=1S/C10H14ClNOS/c1-3-7(2)12-6-8(13)9-4-5-10(11)14-9/h4-5,7,12H,3,6H2,1-2H3. The Labute approximate surface area is 93.3 Å². The van der Waals surface area contributed by atoms with E-state index in [-0.39, 0.29) is 5.78 Å². The summed E-state index contributed by atoms with van der Waals surface area (Å²) in [4.78, 5) is 12.3. The lowest BCUT2D eigenvalue weighted by molar-refractivity contribution is 0.0991. The number of carbonyl (C=O) groups is 1. The molecule has 0 fully saturated rings. The van der Waals surface area contributed by atoms with E-state index >= 15 is 0 Å². The molecule has 0 aliphatic carbocycles. The number of ketones is 1. The highest BCUT2D eigenvalue weighted by atomic mass is 35.5. The molecule has 0 aliphatic rings. The summed E-state index contributed by atoms with van der Waals surface area (Å²) in [6, 6.07) is 3.91. The molecule has 0 amide bonds. The molecule has 0 aromatic carbocycles. The Morgan fingerprint density at radius 2 is 2.36 bits per heavy atom. The summed E-state index contributed by atoms with van der Waals surface area (Å²) >= 11 is 7.07. The lowest BCUT2D eigenvalue weighted by Crippen LogP contribution is -2.30. The monoisotopic (exact) mass is 231 g/mol. The van der Waals surface area contributed by atoms with Crippen LogP contribution in [0.3, 0.4) is 0 Å². The van der Waals surface area contributed by atoms with E-state index < -0.39 is 0 Å². The van der Waals surface area contributed by atoms with Gasteiger partial charge in [-0.05, 0) is 25.5 Å². The quantitative estimate of drug-likeness (QED) is 0.790. The lowest BCUT2D eigenvalue weighted by atomic mass is 10.2. The molecule has 0 saturated carbocycles. The second-order valence-corrected chi connectivity index (χ2v) is 4.93. The Hall–Kier alpha value is -0.380. The number of thiophene rings is 1. The molecular formula is C10H14ClNOS. The minimum absolute atomic E-state index is 0.113. The van der Waals surface area contributed by atoms with Crippen LogP contribution in [-0.2, 0) is 0 Å². The maximum Gasteiger partial charge on any atom is 0.186 e. The summed E-state index contributed by atoms with van der Waals surface area (Å²) in [5.74, 6) is 0.113. The van der Waals surface area contributed by atoms with Crippen LogP contribution >= 0.6 is 22.9 Å². The molecule has 1 N–H and O–H groups in total. The summed E-state index contributed by atoms with van der Waals surface area (Å²) in [7, 11) is 0. The van der Waals surface area contributed by atoms with Gasteiger partial charge >= 0.3 is 0 Å². The van der Waals surface area contributed by atoms with Crippen LogP contribution in [0.4, 0.5) is 0 Å². The first kappa shape index (κ1) is 11.7. The number of nitrogens with one attached hydrogen (secondary N) is 1. The molecule has 0 saturated heterocycles. The summed E-state index contributed by atoms with van der Waals surface area (Å²) in [6.07, 6.45) is 1.03. The minimum Gasteiger partial charge on any atom is -0.307 e. The second-order valence-electron chi connectivity index (χ2n) is 3.22. The summed E-state index contributed by atoms with van der Waals surface area (Å²) < 4.78 is 0.664. The van der Waals surface area contributed by atoms with Gasteiger partial charge in [-0.15, -0.1) is 11.3 Å². The number of hydrogen-bond acceptors (Lipinski definition) is 3. The molecule has 0 bridgehead atoms. The van der Waals surface area contributed by atoms with Crippen molar-refractivity contribution in [2.45, 2.75) is 26.3 Å². The number of hydrogen-bond donors (Lipinski definition) is 1. The predicted molar refractivity (Wildman–Crippen MR) is 61.4 cm³/mol. The zero-order valence-corrected chi connectivity index (χ0v) is 9.91. The SMILES string of the molecule is CCC(C)NCC(=O)c1ccc(Cl)s1. The molecule has 14 heavy (non-hydrogen) atoms. The van der Waals surface area contributed by atoms with Crippen molar-refractivity contribution in [2.24, 2.45) is 0 Å². The van der Waals surface area contributed by atoms with Crippen molar-refractivity contribution in [1.29, 1.82) is 0 Å². The van der Waals surface area contributed by atoms with Crippen molar-refractivity contribution >= 4 is 28.7 Å². The minimum atomic E-state index is 0.113. The average molecular weight is 232 g/mol. The number of Topliss-reactive ketones (excluding diaryl/α,β-unsaturated/α-hetero) is 1. The molecule has 1 unspecified atom stereocenters. The first-order chi connectivity index (χ1) is 6.63. The summed E-state index contributed by atoms with van der Waals surface area (Å²) in [6.45, 7) is 4.55. The Morgan fingerprint density at radius 3 is 2.86 bits per heavy atom. The fraction of sp³-hybridized carbons (Fsp3) is 0.500. The van der Waals surface area contributed by atoms with Gasteiger partial charge in [0, 0.05) is 6.04 Å². The zero-order chi connectivity index (χ0) is 10.6. The predicted octanol–water partition coefficient (Wildman–Crippen LogP) is 2.97. The van der Waals surface area contributed by atoms with Crippen LogP contribution in [0.2, 0.25) is 4.34 Å². The summed E-state index contributed by atoms with van der Waals surface area (Å²) in [5.41, 5.74) is 0. The molecule has 78 valence electrons. The molecule has 0 aliphatic heterocycles. The molecule has 1 atom stereocenters. The van der Waals surface area contributed by atoms with Gasteiger partial charge in [0.15, 0.2) is 5.78 Å². The summed E-state index contributed by atoms with van der Waals surface area (Å²) in [5, 5.41) is 3.15. The van der Waals surface area contributed by atoms with E-state index in [2.05, 4.69) is 19.2 Å². The second kappa shape index (κ2) is 5.49. The smallest absolute Gasteiger partial charge is 0.186 e. The van der Waals surface area contributed by atoms with Crippen LogP contribution in [0, 0.1) is 0 Å². The van der Waals surface area contributed by atoms with Crippen LogP contribution in [0.1, 0.15) is 29.9 Å². The third-order valence-electron chi connectivity index (χ3n) is 2.07. The average Bonchev–Trinajstić information content (AvgIpc) is 2.60. The van der Waals surface area contributed by atoms with Gasteiger partial charge in [0.25, 0.3) is 0 Å². The molecule has 0 spiro atoms. The largest absolute Gasteiger partial charge is 0.307 e. The molecular weight excluding hydrogens is 218 g/mol. The highest BCUT2D eigenvalue weighted by molar-refractivity contribution is 7.18. The van der Waals surface area contributed by atoms with Gasteiger partial charge < -0.3 is 5.32 Å². The fourth-order valence-corrected chi connectivity index (χ4v) is 1.94. The van der Waals surface area contributed by atoms with Gasteiger partial charge in [0.05, 0.1) is 15.8 Å². The molecule has 0 radical (unpaired) electrons. The van der Waals surface area contributed by atoms with Gasteiger partial charge in [0.1, 0.15) is 0 Å². The molecule has 2 nitrogen and oxygen atoms in total. The van der Waals surface area contributed by atoms with Crippen molar-refractivity contribution in [3.8, 4) is 0 Å². The van der Waals surface area contributed by atoms with Crippen LogP contribution in [-0.4, -0.2) is 18.4 Å². The van der Waals surface area contributed by atoms with E-state index in [1.807, 2.05) is 0 Å². The lowest BCUT2D eigenvalue weighted by Gasteiger charge is -2.09. The van der Waals surface area contributed by atoms with Crippen molar-refractivity contribution in [3.05, 3.63) is 21.3 Å². The highest BCUT2D eigenvalue weighted by Crippen LogP contribution is 2.21. The number of carbonyl (C=O) groups excluding carboxylic acids is 1. The molecule has 1 heterocycles. The first-order valence-corrected chi connectivity index (χ1v) is 5.84. The highest BCUT2D eigenvalue weighted by Gasteiger charge is 2.09. The Kier molecular flexibility index (Phi) is 4.58. The van der Waals surface area contributed by atoms with Crippen molar-refractivity contribution in [3.63, 3.8) is 0 Å².